The minimum atomic E-state index is -0.465. The second-order valence-electron chi connectivity index (χ2n) is 3.85. The molecule has 0 aliphatic rings. The van der Waals surface area contributed by atoms with Crippen molar-refractivity contribution in [2.45, 2.75) is 25.8 Å². The molecule has 6 heteroatoms. The molecule has 96 valence electrons. The summed E-state index contributed by atoms with van der Waals surface area (Å²) >= 11 is 11.5. The van der Waals surface area contributed by atoms with E-state index in [1.165, 1.54) is 12.1 Å². The number of benzene rings is 1. The quantitative estimate of drug-likeness (QED) is 0.799. The first-order valence-corrected chi connectivity index (χ1v) is 6.52. The predicted octanol–water partition coefficient (Wildman–Crippen LogP) is 3.89. The number of hydrogen-bond acceptors (Lipinski definition) is 2. The fraction of sp³-hybridized carbons (Fsp3) is 0.333. The standard InChI is InChI=1S/C12H12Cl2FN3/c1-2-5-18-11(7-13)16-17-12(18)8-3-4-9(14)10(15)6-8/h3-4,6H,2,5,7H2,1H3. The van der Waals surface area contributed by atoms with Crippen LogP contribution < -0.4 is 0 Å². The molecule has 2 rings (SSSR count). The lowest BCUT2D eigenvalue weighted by Crippen LogP contribution is -2.04. The third kappa shape index (κ3) is 2.49. The van der Waals surface area contributed by atoms with Crippen LogP contribution in [0.2, 0.25) is 5.02 Å². The summed E-state index contributed by atoms with van der Waals surface area (Å²) in [6.45, 7) is 2.79. The number of nitrogens with zero attached hydrogens (tertiary/aromatic N) is 3. The summed E-state index contributed by atoms with van der Waals surface area (Å²) in [5.74, 6) is 1.11. The summed E-state index contributed by atoms with van der Waals surface area (Å²) in [4.78, 5) is 0. The molecule has 2 aromatic rings. The van der Waals surface area contributed by atoms with Crippen molar-refractivity contribution in [3.8, 4) is 11.4 Å². The maximum absolute atomic E-state index is 13.5. The summed E-state index contributed by atoms with van der Waals surface area (Å²) in [5.41, 5.74) is 0.647. The topological polar surface area (TPSA) is 30.7 Å². The first-order chi connectivity index (χ1) is 8.67. The van der Waals surface area contributed by atoms with Crippen molar-refractivity contribution >= 4 is 23.2 Å². The minimum Gasteiger partial charge on any atom is -0.310 e. The molecule has 0 spiro atoms. The van der Waals surface area contributed by atoms with Crippen molar-refractivity contribution < 1.29 is 4.39 Å². The lowest BCUT2D eigenvalue weighted by Gasteiger charge is -2.08. The zero-order chi connectivity index (χ0) is 13.1. The van der Waals surface area contributed by atoms with Crippen LogP contribution in [-0.4, -0.2) is 14.8 Å². The molecule has 0 bridgehead atoms. The largest absolute Gasteiger partial charge is 0.310 e. The molecule has 1 aromatic heterocycles. The summed E-state index contributed by atoms with van der Waals surface area (Å²) in [6.07, 6.45) is 0.922. The first-order valence-electron chi connectivity index (χ1n) is 5.60. The van der Waals surface area contributed by atoms with E-state index in [-0.39, 0.29) is 10.9 Å². The van der Waals surface area contributed by atoms with Gasteiger partial charge in [-0.1, -0.05) is 18.5 Å². The van der Waals surface area contributed by atoms with Gasteiger partial charge in [-0.3, -0.25) is 0 Å². The molecule has 1 aromatic carbocycles. The van der Waals surface area contributed by atoms with Crippen LogP contribution >= 0.6 is 23.2 Å². The molecule has 0 saturated carbocycles. The average Bonchev–Trinajstić information content (AvgIpc) is 2.76. The van der Waals surface area contributed by atoms with Crippen molar-refractivity contribution in [3.05, 3.63) is 34.9 Å². The van der Waals surface area contributed by atoms with E-state index >= 15 is 0 Å². The number of hydrogen-bond donors (Lipinski definition) is 0. The second-order valence-corrected chi connectivity index (χ2v) is 4.53. The van der Waals surface area contributed by atoms with E-state index in [2.05, 4.69) is 10.2 Å². The summed E-state index contributed by atoms with van der Waals surface area (Å²) < 4.78 is 15.4. The number of halogens is 3. The SMILES string of the molecule is CCCn1c(CCl)nnc1-c1ccc(Cl)c(F)c1. The number of rotatable bonds is 4. The Hall–Kier alpha value is -1.13. The van der Waals surface area contributed by atoms with Crippen LogP contribution in [0.1, 0.15) is 19.2 Å². The minimum absolute atomic E-state index is 0.0953. The fourth-order valence-electron chi connectivity index (χ4n) is 1.74. The van der Waals surface area contributed by atoms with Crippen LogP contribution in [0.3, 0.4) is 0 Å². The van der Waals surface area contributed by atoms with Crippen molar-refractivity contribution in [1.82, 2.24) is 14.8 Å². The normalized spacial score (nSPS) is 10.9. The van der Waals surface area contributed by atoms with Crippen LogP contribution in [0.5, 0.6) is 0 Å². The maximum atomic E-state index is 13.5. The van der Waals surface area contributed by atoms with E-state index in [4.69, 9.17) is 23.2 Å². The van der Waals surface area contributed by atoms with E-state index in [1.807, 2.05) is 11.5 Å². The van der Waals surface area contributed by atoms with E-state index in [9.17, 15) is 4.39 Å². The Labute approximate surface area is 115 Å². The molecular weight excluding hydrogens is 276 g/mol. The van der Waals surface area contributed by atoms with E-state index in [0.29, 0.717) is 17.2 Å². The van der Waals surface area contributed by atoms with Gasteiger partial charge >= 0.3 is 0 Å². The Kier molecular flexibility index (Phi) is 4.19. The van der Waals surface area contributed by atoms with E-state index < -0.39 is 5.82 Å². The van der Waals surface area contributed by atoms with Gasteiger partial charge in [-0.2, -0.15) is 0 Å². The Bertz CT molecular complexity index is 554. The second kappa shape index (κ2) is 5.67. The highest BCUT2D eigenvalue weighted by atomic mass is 35.5. The van der Waals surface area contributed by atoms with Crippen molar-refractivity contribution in [3.63, 3.8) is 0 Å². The van der Waals surface area contributed by atoms with Gasteiger partial charge in [-0.05, 0) is 24.6 Å². The van der Waals surface area contributed by atoms with Gasteiger partial charge < -0.3 is 4.57 Å². The zero-order valence-corrected chi connectivity index (χ0v) is 11.3. The van der Waals surface area contributed by atoms with Crippen LogP contribution in [0.4, 0.5) is 4.39 Å². The summed E-state index contributed by atoms with van der Waals surface area (Å²) in [7, 11) is 0. The Balaban J connectivity index is 2.49. The molecule has 0 saturated heterocycles. The zero-order valence-electron chi connectivity index (χ0n) is 9.83. The molecule has 0 unspecified atom stereocenters. The van der Waals surface area contributed by atoms with Gasteiger partial charge in [-0.25, -0.2) is 4.39 Å². The lowest BCUT2D eigenvalue weighted by molar-refractivity contribution is 0.627. The first kappa shape index (κ1) is 13.3. The van der Waals surface area contributed by atoms with Gasteiger partial charge in [0.2, 0.25) is 0 Å². The van der Waals surface area contributed by atoms with Crippen LogP contribution in [-0.2, 0) is 12.4 Å². The molecule has 0 aliphatic heterocycles. The predicted molar refractivity (Wildman–Crippen MR) is 70.3 cm³/mol. The van der Waals surface area contributed by atoms with E-state index in [1.54, 1.807) is 6.07 Å². The molecular formula is C12H12Cl2FN3. The summed E-state index contributed by atoms with van der Waals surface area (Å²) in [6, 6.07) is 4.59. The number of aromatic nitrogens is 3. The van der Waals surface area contributed by atoms with Crippen molar-refractivity contribution in [2.75, 3.05) is 0 Å². The molecule has 3 nitrogen and oxygen atoms in total. The van der Waals surface area contributed by atoms with Crippen LogP contribution in [0, 0.1) is 5.82 Å². The average molecular weight is 288 g/mol. The van der Waals surface area contributed by atoms with Gasteiger partial charge in [0.15, 0.2) is 5.82 Å². The fourth-order valence-corrected chi connectivity index (χ4v) is 2.06. The van der Waals surface area contributed by atoms with Gasteiger partial charge in [-0.15, -0.1) is 21.8 Å². The third-order valence-corrected chi connectivity index (χ3v) is 3.12. The Morgan fingerprint density at radius 3 is 2.72 bits per heavy atom. The molecule has 1 heterocycles. The lowest BCUT2D eigenvalue weighted by atomic mass is 10.2. The third-order valence-electron chi connectivity index (χ3n) is 2.57. The molecule has 0 fully saturated rings. The molecule has 0 atom stereocenters. The Morgan fingerprint density at radius 1 is 1.33 bits per heavy atom. The molecule has 0 aliphatic carbocycles. The van der Waals surface area contributed by atoms with Crippen LogP contribution in [0.15, 0.2) is 18.2 Å². The molecule has 18 heavy (non-hydrogen) atoms. The monoisotopic (exact) mass is 287 g/mol. The van der Waals surface area contributed by atoms with Gasteiger partial charge in [0, 0.05) is 12.1 Å². The van der Waals surface area contributed by atoms with E-state index in [0.717, 1.165) is 13.0 Å². The van der Waals surface area contributed by atoms with Gasteiger partial charge in [0.1, 0.15) is 11.6 Å². The van der Waals surface area contributed by atoms with Crippen molar-refractivity contribution in [1.29, 1.82) is 0 Å². The van der Waals surface area contributed by atoms with Gasteiger partial charge in [0.05, 0.1) is 10.9 Å². The highest BCUT2D eigenvalue weighted by Gasteiger charge is 2.13. The summed E-state index contributed by atoms with van der Waals surface area (Å²) in [5, 5.41) is 8.17. The molecule has 0 radical (unpaired) electrons. The molecule has 0 amide bonds. The van der Waals surface area contributed by atoms with Gasteiger partial charge in [0.25, 0.3) is 0 Å². The maximum Gasteiger partial charge on any atom is 0.164 e. The van der Waals surface area contributed by atoms with Crippen molar-refractivity contribution in [2.24, 2.45) is 0 Å². The number of alkyl halides is 1. The van der Waals surface area contributed by atoms with Crippen LogP contribution in [0.25, 0.3) is 11.4 Å². The smallest absolute Gasteiger partial charge is 0.164 e. The molecule has 0 N–H and O–H groups in total. The Morgan fingerprint density at radius 2 is 2.11 bits per heavy atom. The highest BCUT2D eigenvalue weighted by Crippen LogP contribution is 2.24. The highest BCUT2D eigenvalue weighted by molar-refractivity contribution is 6.30.